The van der Waals surface area contributed by atoms with Gasteiger partial charge in [0.15, 0.2) is 0 Å². The lowest BCUT2D eigenvalue weighted by molar-refractivity contribution is -0.137. The van der Waals surface area contributed by atoms with Crippen molar-refractivity contribution in [2.45, 2.75) is 97.3 Å². The molecule has 0 saturated carbocycles. The van der Waals surface area contributed by atoms with Crippen LogP contribution in [0.3, 0.4) is 0 Å². The van der Waals surface area contributed by atoms with Crippen LogP contribution < -0.4 is 0 Å². The number of hydrogen-bond acceptors (Lipinski definition) is 1. The van der Waals surface area contributed by atoms with E-state index in [2.05, 4.69) is 37.3 Å². The van der Waals surface area contributed by atoms with Gasteiger partial charge in [-0.3, -0.25) is 4.79 Å². The number of aryl methyl sites for hydroxylation is 1. The largest absolute Gasteiger partial charge is 0.481 e. The molecule has 1 rings (SSSR count). The summed E-state index contributed by atoms with van der Waals surface area (Å²) in [6.45, 7) is 4.13. The summed E-state index contributed by atoms with van der Waals surface area (Å²) in [6.07, 6.45) is 16.5. The second kappa shape index (κ2) is 20.7. The van der Waals surface area contributed by atoms with E-state index < -0.39 is 5.97 Å². The Labute approximate surface area is 155 Å². The molecule has 0 aliphatic rings. The predicted molar refractivity (Wildman–Crippen MR) is 108 cm³/mol. The van der Waals surface area contributed by atoms with Crippen LogP contribution in [-0.2, 0) is 11.2 Å². The van der Waals surface area contributed by atoms with E-state index in [-0.39, 0.29) is 5.48 Å². The fraction of sp³-hybridized carbons (Fsp3) is 0.682. The van der Waals surface area contributed by atoms with Crippen molar-refractivity contribution in [2.24, 2.45) is 0 Å². The van der Waals surface area contributed by atoms with Gasteiger partial charge in [0.25, 0.3) is 0 Å². The highest BCUT2D eigenvalue weighted by Crippen LogP contribution is 2.12. The van der Waals surface area contributed by atoms with E-state index in [1.54, 1.807) is 0 Å². The lowest BCUT2D eigenvalue weighted by Gasteiger charge is -2.03. The Balaban J connectivity index is 0. The fourth-order valence-corrected chi connectivity index (χ4v) is 2.68. The van der Waals surface area contributed by atoms with E-state index in [0.717, 1.165) is 6.42 Å². The van der Waals surface area contributed by atoms with Crippen molar-refractivity contribution >= 4 is 5.97 Å². The smallest absolute Gasteiger partial charge is 0.303 e. The quantitative estimate of drug-likeness (QED) is 0.430. The minimum atomic E-state index is -0.711. The summed E-state index contributed by atoms with van der Waals surface area (Å²) in [5, 5.41) is 7.91. The number of carbonyl (C=O) groups is 1. The molecule has 0 radical (unpaired) electrons. The highest BCUT2D eigenvalue weighted by molar-refractivity contribution is 5.66. The van der Waals surface area contributed by atoms with Gasteiger partial charge >= 0.3 is 5.97 Å². The monoisotopic (exact) mass is 352 g/mol. The van der Waals surface area contributed by atoms with Crippen LogP contribution in [0.2, 0.25) is 0 Å². The fourth-order valence-electron chi connectivity index (χ4n) is 2.68. The molecule has 1 aromatic carbocycles. The molecule has 1 aromatic rings. The predicted octanol–water partition coefficient (Wildman–Crippen LogP) is 6.20. The summed E-state index contributed by atoms with van der Waals surface area (Å²) in [4.78, 5) is 9.60. The van der Waals surface area contributed by atoms with Crippen LogP contribution in [0.25, 0.3) is 0 Å². The number of aliphatic carboxylic acids is 1. The van der Waals surface area contributed by atoms with Gasteiger partial charge in [0.05, 0.1) is 0 Å². The standard InChI is InChI=1S/C18H30.C4H8O2.H2O/c1-2-3-4-5-6-7-8-9-10-12-15-18-16-13-11-14-17-18;1-2-3-4(5)6;/h11,13-14,16-17H,2-10,12,15H2,1H3;2-3H2,1H3,(H,5,6);1H2. The van der Waals surface area contributed by atoms with Crippen LogP contribution in [0.1, 0.15) is 96.5 Å². The number of carboxylic acids is 1. The third-order valence-corrected chi connectivity index (χ3v) is 4.13. The SMILES string of the molecule is CCCC(=O)O.CCCCCCCCCCCCc1ccccc1.O. The van der Waals surface area contributed by atoms with Crippen LogP contribution in [0, 0.1) is 0 Å². The van der Waals surface area contributed by atoms with Crippen molar-refractivity contribution in [3.63, 3.8) is 0 Å². The molecule has 0 unspecified atom stereocenters. The summed E-state index contributed by atoms with van der Waals surface area (Å²) in [5.74, 6) is -0.711. The zero-order chi connectivity index (χ0) is 17.9. The first-order valence-corrected chi connectivity index (χ1v) is 9.96. The molecule has 3 N–H and O–H groups in total. The number of carboxylic acid groups (broad SMARTS) is 1. The van der Waals surface area contributed by atoms with Gasteiger partial charge in [-0.25, -0.2) is 0 Å². The van der Waals surface area contributed by atoms with Crippen molar-refractivity contribution in [3.8, 4) is 0 Å². The third-order valence-electron chi connectivity index (χ3n) is 4.13. The number of unbranched alkanes of at least 4 members (excludes halogenated alkanes) is 9. The highest BCUT2D eigenvalue weighted by Gasteiger charge is 1.94. The van der Waals surface area contributed by atoms with Crippen LogP contribution in [0.5, 0.6) is 0 Å². The molecule has 0 aromatic heterocycles. The molecule has 25 heavy (non-hydrogen) atoms. The summed E-state index contributed by atoms with van der Waals surface area (Å²) in [7, 11) is 0. The van der Waals surface area contributed by atoms with Gasteiger partial charge in [-0.1, -0.05) is 102 Å². The molecule has 3 heteroatoms. The molecule has 0 amide bonds. The van der Waals surface area contributed by atoms with Crippen LogP contribution in [0.4, 0.5) is 0 Å². The number of benzene rings is 1. The molecule has 0 atom stereocenters. The first-order chi connectivity index (χ1) is 11.7. The Hall–Kier alpha value is -1.35. The van der Waals surface area contributed by atoms with Gasteiger partial charge in [-0.15, -0.1) is 0 Å². The van der Waals surface area contributed by atoms with E-state index >= 15 is 0 Å². The van der Waals surface area contributed by atoms with Gasteiger partial charge in [0.1, 0.15) is 0 Å². The Bertz CT molecular complexity index is 376. The van der Waals surface area contributed by atoms with Crippen LogP contribution >= 0.6 is 0 Å². The first-order valence-electron chi connectivity index (χ1n) is 9.96. The van der Waals surface area contributed by atoms with Gasteiger partial charge in [0.2, 0.25) is 0 Å². The topological polar surface area (TPSA) is 68.8 Å². The molecule has 3 nitrogen and oxygen atoms in total. The van der Waals surface area contributed by atoms with Crippen molar-refractivity contribution in [1.29, 1.82) is 0 Å². The molecular weight excluding hydrogens is 312 g/mol. The van der Waals surface area contributed by atoms with Crippen molar-refractivity contribution in [1.82, 2.24) is 0 Å². The minimum absolute atomic E-state index is 0. The van der Waals surface area contributed by atoms with E-state index in [9.17, 15) is 4.79 Å². The number of hydrogen-bond donors (Lipinski definition) is 1. The Morgan fingerprint density at radius 1 is 0.760 bits per heavy atom. The van der Waals surface area contributed by atoms with Gasteiger partial charge in [-0.05, 0) is 24.8 Å². The van der Waals surface area contributed by atoms with E-state index in [4.69, 9.17) is 5.11 Å². The maximum Gasteiger partial charge on any atom is 0.303 e. The van der Waals surface area contributed by atoms with Gasteiger partial charge < -0.3 is 10.6 Å². The number of rotatable bonds is 13. The highest BCUT2D eigenvalue weighted by atomic mass is 16.4. The molecule has 0 heterocycles. The average Bonchev–Trinajstić information content (AvgIpc) is 2.58. The summed E-state index contributed by atoms with van der Waals surface area (Å²) < 4.78 is 0. The molecule has 0 saturated heterocycles. The maximum absolute atomic E-state index is 9.60. The maximum atomic E-state index is 9.60. The van der Waals surface area contributed by atoms with E-state index in [1.807, 2.05) is 6.92 Å². The summed E-state index contributed by atoms with van der Waals surface area (Å²) in [6, 6.07) is 10.9. The lowest BCUT2D eigenvalue weighted by atomic mass is 10.0. The van der Waals surface area contributed by atoms with E-state index in [0.29, 0.717) is 6.42 Å². The van der Waals surface area contributed by atoms with E-state index in [1.165, 1.54) is 76.2 Å². The molecule has 146 valence electrons. The Morgan fingerprint density at radius 3 is 1.64 bits per heavy atom. The van der Waals surface area contributed by atoms with Gasteiger partial charge in [-0.2, -0.15) is 0 Å². The molecular formula is C22H40O3. The molecule has 0 spiro atoms. The molecule has 0 bridgehead atoms. The third kappa shape index (κ3) is 20.6. The summed E-state index contributed by atoms with van der Waals surface area (Å²) >= 11 is 0. The lowest BCUT2D eigenvalue weighted by Crippen LogP contribution is -1.90. The second-order valence-corrected chi connectivity index (χ2v) is 6.56. The van der Waals surface area contributed by atoms with Crippen molar-refractivity contribution < 1.29 is 15.4 Å². The van der Waals surface area contributed by atoms with Crippen LogP contribution in [-0.4, -0.2) is 16.6 Å². The summed E-state index contributed by atoms with van der Waals surface area (Å²) in [5.41, 5.74) is 1.50. The first kappa shape index (κ1) is 25.9. The Kier molecular flexibility index (Phi) is 21.4. The zero-order valence-corrected chi connectivity index (χ0v) is 16.4. The Morgan fingerprint density at radius 2 is 1.24 bits per heavy atom. The molecule has 0 fully saturated rings. The normalized spacial score (nSPS) is 9.68. The van der Waals surface area contributed by atoms with Crippen molar-refractivity contribution in [3.05, 3.63) is 35.9 Å². The zero-order valence-electron chi connectivity index (χ0n) is 16.4. The molecule has 0 aliphatic heterocycles. The van der Waals surface area contributed by atoms with Gasteiger partial charge in [0, 0.05) is 6.42 Å². The average molecular weight is 353 g/mol. The molecule has 0 aliphatic carbocycles. The second-order valence-electron chi connectivity index (χ2n) is 6.56. The van der Waals surface area contributed by atoms with Crippen molar-refractivity contribution in [2.75, 3.05) is 0 Å². The minimum Gasteiger partial charge on any atom is -0.481 e. The van der Waals surface area contributed by atoms with Crippen LogP contribution in [0.15, 0.2) is 30.3 Å².